The maximum absolute atomic E-state index is 12.5. The summed E-state index contributed by atoms with van der Waals surface area (Å²) in [6.45, 7) is 3.50. The van der Waals surface area contributed by atoms with Crippen LogP contribution in [0.15, 0.2) is 35.5 Å². The zero-order valence-corrected chi connectivity index (χ0v) is 10.9. The number of hydrogen-bond acceptors (Lipinski definition) is 3. The Balaban J connectivity index is 3.06. The first-order valence-corrected chi connectivity index (χ1v) is 5.78. The number of amides is 1. The minimum atomic E-state index is -1.00. The first-order valence-electron chi connectivity index (χ1n) is 5.78. The quantitative estimate of drug-likeness (QED) is 0.369. The van der Waals surface area contributed by atoms with Crippen LogP contribution in [0, 0.1) is 5.41 Å². The van der Waals surface area contributed by atoms with E-state index in [2.05, 4.69) is 5.16 Å². The molecule has 98 valence electrons. The zero-order valence-electron chi connectivity index (χ0n) is 10.9. The van der Waals surface area contributed by atoms with Crippen molar-refractivity contribution in [3.05, 3.63) is 30.3 Å². The van der Waals surface area contributed by atoms with E-state index >= 15 is 0 Å². The van der Waals surface area contributed by atoms with Crippen molar-refractivity contribution < 1.29 is 10.0 Å². The molecule has 3 N–H and O–H groups in total. The summed E-state index contributed by atoms with van der Waals surface area (Å²) in [6.07, 6.45) is 0.457. The molecule has 0 aromatic heterocycles. The average Bonchev–Trinajstić information content (AvgIpc) is 2.44. The van der Waals surface area contributed by atoms with Crippen LogP contribution in [0.1, 0.15) is 20.3 Å². The summed E-state index contributed by atoms with van der Waals surface area (Å²) in [5.41, 5.74) is 5.40. The zero-order chi connectivity index (χ0) is 13.8. The highest BCUT2D eigenvalue weighted by molar-refractivity contribution is 6.12. The van der Waals surface area contributed by atoms with Crippen LogP contribution in [0.25, 0.3) is 0 Å². The highest BCUT2D eigenvalue weighted by Crippen LogP contribution is 2.26. The maximum atomic E-state index is 12.5. The van der Waals surface area contributed by atoms with E-state index < -0.39 is 5.41 Å². The third kappa shape index (κ3) is 2.45. The largest absolute Gasteiger partial charge is 0.409 e. The molecule has 1 aromatic carbocycles. The third-order valence-corrected chi connectivity index (χ3v) is 3.30. The Labute approximate surface area is 107 Å². The van der Waals surface area contributed by atoms with Crippen molar-refractivity contribution in [3.8, 4) is 0 Å². The van der Waals surface area contributed by atoms with E-state index in [4.69, 9.17) is 10.9 Å². The molecule has 1 unspecified atom stereocenters. The van der Waals surface area contributed by atoms with Crippen LogP contribution < -0.4 is 10.6 Å². The van der Waals surface area contributed by atoms with Gasteiger partial charge in [0.25, 0.3) is 0 Å². The van der Waals surface area contributed by atoms with Gasteiger partial charge in [-0.3, -0.25) is 4.79 Å². The third-order valence-electron chi connectivity index (χ3n) is 3.30. The van der Waals surface area contributed by atoms with Crippen LogP contribution in [-0.2, 0) is 4.79 Å². The number of amidine groups is 1. The normalized spacial score (nSPS) is 14.9. The second kappa shape index (κ2) is 5.53. The second-order valence-corrected chi connectivity index (χ2v) is 4.37. The van der Waals surface area contributed by atoms with E-state index in [1.54, 1.807) is 14.0 Å². The van der Waals surface area contributed by atoms with Crippen LogP contribution in [0.2, 0.25) is 0 Å². The van der Waals surface area contributed by atoms with Crippen molar-refractivity contribution in [1.29, 1.82) is 0 Å². The van der Waals surface area contributed by atoms with Gasteiger partial charge in [0.1, 0.15) is 5.41 Å². The number of carbonyl (C=O) groups excluding carboxylic acids is 1. The standard InChI is InChI=1S/C13H19N3O2/c1-4-13(2,11(14)15-18)12(17)16(3)10-8-6-5-7-9-10/h5-9,18H,4H2,1-3H3,(H2,14,15). The summed E-state index contributed by atoms with van der Waals surface area (Å²) in [5.74, 6) is -0.274. The highest BCUT2D eigenvalue weighted by Gasteiger charge is 2.38. The average molecular weight is 249 g/mol. The molecule has 5 heteroatoms. The summed E-state index contributed by atoms with van der Waals surface area (Å²) in [5, 5.41) is 11.8. The molecule has 0 heterocycles. The minimum Gasteiger partial charge on any atom is -0.409 e. The molecule has 1 atom stereocenters. The Kier molecular flexibility index (Phi) is 4.31. The predicted octanol–water partition coefficient (Wildman–Crippen LogP) is 1.81. The van der Waals surface area contributed by atoms with E-state index in [1.807, 2.05) is 37.3 Å². The lowest BCUT2D eigenvalue weighted by molar-refractivity contribution is -0.124. The van der Waals surface area contributed by atoms with Crippen LogP contribution in [0.4, 0.5) is 5.69 Å². The van der Waals surface area contributed by atoms with E-state index in [-0.39, 0.29) is 11.7 Å². The molecule has 0 radical (unpaired) electrons. The number of benzene rings is 1. The van der Waals surface area contributed by atoms with Gasteiger partial charge in [-0.05, 0) is 25.5 Å². The van der Waals surface area contributed by atoms with E-state index in [1.165, 1.54) is 4.90 Å². The molecule has 0 aliphatic rings. The number of carbonyl (C=O) groups is 1. The van der Waals surface area contributed by atoms with E-state index in [0.29, 0.717) is 6.42 Å². The molecule has 0 spiro atoms. The predicted molar refractivity (Wildman–Crippen MR) is 71.7 cm³/mol. The van der Waals surface area contributed by atoms with Crippen molar-refractivity contribution >= 4 is 17.4 Å². The fraction of sp³-hybridized carbons (Fsp3) is 0.385. The first-order chi connectivity index (χ1) is 8.47. The Bertz CT molecular complexity index is 445. The van der Waals surface area contributed by atoms with Crippen LogP contribution in [0.3, 0.4) is 0 Å². The molecular formula is C13H19N3O2. The number of para-hydroxylation sites is 1. The lowest BCUT2D eigenvalue weighted by Gasteiger charge is -2.30. The van der Waals surface area contributed by atoms with Crippen molar-refractivity contribution in [3.63, 3.8) is 0 Å². The molecule has 0 saturated heterocycles. The van der Waals surface area contributed by atoms with E-state index in [0.717, 1.165) is 5.69 Å². The summed E-state index contributed by atoms with van der Waals surface area (Å²) in [7, 11) is 1.68. The van der Waals surface area contributed by atoms with Gasteiger partial charge in [0.05, 0.1) is 0 Å². The van der Waals surface area contributed by atoms with Gasteiger partial charge in [0.15, 0.2) is 5.84 Å². The monoisotopic (exact) mass is 249 g/mol. The Morgan fingerprint density at radius 3 is 2.44 bits per heavy atom. The topological polar surface area (TPSA) is 78.9 Å². The number of nitrogens with two attached hydrogens (primary N) is 1. The Hall–Kier alpha value is -2.04. The lowest BCUT2D eigenvalue weighted by Crippen LogP contribution is -2.48. The fourth-order valence-corrected chi connectivity index (χ4v) is 1.69. The van der Waals surface area contributed by atoms with Gasteiger partial charge < -0.3 is 15.8 Å². The Morgan fingerprint density at radius 1 is 1.44 bits per heavy atom. The van der Waals surface area contributed by atoms with Crippen molar-refractivity contribution in [2.24, 2.45) is 16.3 Å². The summed E-state index contributed by atoms with van der Waals surface area (Å²) < 4.78 is 0. The van der Waals surface area contributed by atoms with Crippen molar-refractivity contribution in [1.82, 2.24) is 0 Å². The molecule has 0 bridgehead atoms. The molecule has 0 aliphatic carbocycles. The van der Waals surface area contributed by atoms with Crippen molar-refractivity contribution in [2.75, 3.05) is 11.9 Å². The number of anilines is 1. The van der Waals surface area contributed by atoms with Crippen molar-refractivity contribution in [2.45, 2.75) is 20.3 Å². The molecule has 1 aromatic rings. The van der Waals surface area contributed by atoms with Gasteiger partial charge in [0, 0.05) is 12.7 Å². The highest BCUT2D eigenvalue weighted by atomic mass is 16.4. The molecule has 0 aliphatic heterocycles. The maximum Gasteiger partial charge on any atom is 0.240 e. The number of nitrogens with zero attached hydrogens (tertiary/aromatic N) is 2. The minimum absolute atomic E-state index is 0.0715. The van der Waals surface area contributed by atoms with E-state index in [9.17, 15) is 4.79 Å². The summed E-state index contributed by atoms with van der Waals surface area (Å²) >= 11 is 0. The smallest absolute Gasteiger partial charge is 0.240 e. The van der Waals surface area contributed by atoms with Gasteiger partial charge in [0.2, 0.25) is 5.91 Å². The fourth-order valence-electron chi connectivity index (χ4n) is 1.69. The van der Waals surface area contributed by atoms with Crippen LogP contribution in [0.5, 0.6) is 0 Å². The van der Waals surface area contributed by atoms with Gasteiger partial charge in [-0.1, -0.05) is 30.3 Å². The molecule has 0 saturated carbocycles. The van der Waals surface area contributed by atoms with Gasteiger partial charge >= 0.3 is 0 Å². The van der Waals surface area contributed by atoms with Gasteiger partial charge in [-0.2, -0.15) is 0 Å². The number of oxime groups is 1. The molecule has 5 nitrogen and oxygen atoms in total. The van der Waals surface area contributed by atoms with Gasteiger partial charge in [-0.25, -0.2) is 0 Å². The first kappa shape index (κ1) is 14.0. The summed E-state index contributed by atoms with van der Waals surface area (Å²) in [4.78, 5) is 14.0. The van der Waals surface area contributed by atoms with Crippen LogP contribution in [-0.4, -0.2) is 24.0 Å². The van der Waals surface area contributed by atoms with Gasteiger partial charge in [-0.15, -0.1) is 0 Å². The molecule has 18 heavy (non-hydrogen) atoms. The summed E-state index contributed by atoms with van der Waals surface area (Å²) in [6, 6.07) is 9.25. The molecular weight excluding hydrogens is 230 g/mol. The Morgan fingerprint density at radius 2 is 2.00 bits per heavy atom. The number of hydrogen-bond donors (Lipinski definition) is 2. The molecule has 1 amide bonds. The molecule has 0 fully saturated rings. The molecule has 1 rings (SSSR count). The second-order valence-electron chi connectivity index (χ2n) is 4.37. The SMILES string of the molecule is CCC(C)(C(=O)N(C)c1ccccc1)/C(N)=N/O. The van der Waals surface area contributed by atoms with Crippen LogP contribution >= 0.6 is 0 Å². The number of rotatable bonds is 4. The lowest BCUT2D eigenvalue weighted by atomic mass is 9.84.